The maximum Gasteiger partial charge on any atom is 0.251 e. The summed E-state index contributed by atoms with van der Waals surface area (Å²) in [6.45, 7) is 2.42. The van der Waals surface area contributed by atoms with Crippen LogP contribution in [0.1, 0.15) is 38.5 Å². The number of amides is 1. The summed E-state index contributed by atoms with van der Waals surface area (Å²) in [4.78, 5) is 22.9. The number of anilines is 1. The molecule has 1 saturated carbocycles. The van der Waals surface area contributed by atoms with Gasteiger partial charge in [-0.3, -0.25) is 4.79 Å². The van der Waals surface area contributed by atoms with Crippen LogP contribution in [0.4, 0.5) is 5.95 Å². The molecule has 1 aromatic heterocycles. The van der Waals surface area contributed by atoms with Crippen molar-refractivity contribution in [3.05, 3.63) is 18.5 Å². The van der Waals surface area contributed by atoms with Gasteiger partial charge in [0.15, 0.2) is 0 Å². The highest BCUT2D eigenvalue weighted by Gasteiger charge is 2.38. The number of carbonyl (C=O) groups excluding carboxylic acids is 1. The zero-order chi connectivity index (χ0) is 15.4. The van der Waals surface area contributed by atoms with E-state index in [0.29, 0.717) is 25.3 Å². The fraction of sp³-hybridized carbons (Fsp3) is 0.688. The molecule has 2 heterocycles. The summed E-state index contributed by atoms with van der Waals surface area (Å²) in [5.41, 5.74) is -1.13. The van der Waals surface area contributed by atoms with Gasteiger partial charge in [-0.2, -0.15) is 0 Å². The molecule has 6 heteroatoms. The van der Waals surface area contributed by atoms with Gasteiger partial charge in [0.05, 0.1) is 0 Å². The largest absolute Gasteiger partial charge is 0.380 e. The van der Waals surface area contributed by atoms with Gasteiger partial charge in [0.2, 0.25) is 5.95 Å². The van der Waals surface area contributed by atoms with Crippen LogP contribution >= 0.6 is 0 Å². The summed E-state index contributed by atoms with van der Waals surface area (Å²) >= 11 is 0. The SMILES string of the molecule is O=C(NCC1CCCN(c2ncccn2)C1)C1(O)CCCC1. The molecule has 3 rings (SSSR count). The van der Waals surface area contributed by atoms with Crippen molar-refractivity contribution in [3.8, 4) is 0 Å². The molecule has 2 N–H and O–H groups in total. The van der Waals surface area contributed by atoms with E-state index in [1.165, 1.54) is 0 Å². The fourth-order valence-corrected chi connectivity index (χ4v) is 3.46. The van der Waals surface area contributed by atoms with E-state index in [2.05, 4.69) is 20.2 Å². The van der Waals surface area contributed by atoms with Crippen molar-refractivity contribution in [2.45, 2.75) is 44.1 Å². The van der Waals surface area contributed by atoms with Gasteiger partial charge >= 0.3 is 0 Å². The highest BCUT2D eigenvalue weighted by molar-refractivity contribution is 5.85. The molecule has 1 amide bonds. The average Bonchev–Trinajstić information content (AvgIpc) is 3.02. The smallest absolute Gasteiger partial charge is 0.251 e. The number of aliphatic hydroxyl groups is 1. The summed E-state index contributed by atoms with van der Waals surface area (Å²) in [7, 11) is 0. The van der Waals surface area contributed by atoms with Crippen molar-refractivity contribution in [1.82, 2.24) is 15.3 Å². The van der Waals surface area contributed by atoms with E-state index in [1.54, 1.807) is 12.4 Å². The number of rotatable bonds is 4. The van der Waals surface area contributed by atoms with Crippen LogP contribution in [0.25, 0.3) is 0 Å². The number of piperidine rings is 1. The summed E-state index contributed by atoms with van der Waals surface area (Å²) in [6.07, 6.45) is 8.72. The Kier molecular flexibility index (Phi) is 4.57. The van der Waals surface area contributed by atoms with Gasteiger partial charge in [0.25, 0.3) is 5.91 Å². The van der Waals surface area contributed by atoms with Gasteiger partial charge in [0, 0.05) is 32.0 Å². The van der Waals surface area contributed by atoms with Crippen molar-refractivity contribution in [3.63, 3.8) is 0 Å². The molecular formula is C16H24N4O2. The summed E-state index contributed by atoms with van der Waals surface area (Å²) in [5, 5.41) is 13.2. The second kappa shape index (κ2) is 6.60. The van der Waals surface area contributed by atoms with Crippen molar-refractivity contribution in [2.24, 2.45) is 5.92 Å². The van der Waals surface area contributed by atoms with Gasteiger partial charge in [-0.05, 0) is 50.5 Å². The lowest BCUT2D eigenvalue weighted by atomic mass is 9.97. The van der Waals surface area contributed by atoms with Crippen LogP contribution in [-0.2, 0) is 4.79 Å². The molecule has 1 aliphatic carbocycles. The lowest BCUT2D eigenvalue weighted by Crippen LogP contribution is -2.48. The minimum Gasteiger partial charge on any atom is -0.380 e. The van der Waals surface area contributed by atoms with Crippen LogP contribution in [0.2, 0.25) is 0 Å². The highest BCUT2D eigenvalue weighted by atomic mass is 16.3. The number of carbonyl (C=O) groups is 1. The van der Waals surface area contributed by atoms with E-state index < -0.39 is 5.60 Å². The van der Waals surface area contributed by atoms with Crippen LogP contribution in [0.3, 0.4) is 0 Å². The van der Waals surface area contributed by atoms with Crippen molar-refractivity contribution >= 4 is 11.9 Å². The van der Waals surface area contributed by atoms with E-state index in [-0.39, 0.29) is 5.91 Å². The topological polar surface area (TPSA) is 78.4 Å². The minimum absolute atomic E-state index is 0.196. The Hall–Kier alpha value is -1.69. The highest BCUT2D eigenvalue weighted by Crippen LogP contribution is 2.29. The molecule has 2 aliphatic rings. The number of hydrogen-bond acceptors (Lipinski definition) is 5. The van der Waals surface area contributed by atoms with Crippen LogP contribution in [-0.4, -0.2) is 46.2 Å². The van der Waals surface area contributed by atoms with Gasteiger partial charge < -0.3 is 15.3 Å². The Morgan fingerprint density at radius 2 is 2.05 bits per heavy atom. The Balaban J connectivity index is 1.51. The Morgan fingerprint density at radius 3 is 2.77 bits per heavy atom. The Morgan fingerprint density at radius 1 is 1.32 bits per heavy atom. The number of nitrogens with one attached hydrogen (secondary N) is 1. The van der Waals surface area contributed by atoms with E-state index in [9.17, 15) is 9.90 Å². The molecule has 1 aliphatic heterocycles. The molecule has 2 fully saturated rings. The number of hydrogen-bond donors (Lipinski definition) is 2. The predicted molar refractivity (Wildman–Crippen MR) is 83.4 cm³/mol. The molecule has 1 saturated heterocycles. The second-order valence-corrected chi connectivity index (χ2v) is 6.45. The molecule has 120 valence electrons. The third-order valence-corrected chi connectivity index (χ3v) is 4.76. The van der Waals surface area contributed by atoms with Crippen LogP contribution in [0.5, 0.6) is 0 Å². The first-order valence-corrected chi connectivity index (χ1v) is 8.20. The third kappa shape index (κ3) is 3.38. The van der Waals surface area contributed by atoms with Crippen LogP contribution in [0.15, 0.2) is 18.5 Å². The summed E-state index contributed by atoms with van der Waals surface area (Å²) in [5.74, 6) is 0.942. The van der Waals surface area contributed by atoms with Gasteiger partial charge in [-0.1, -0.05) is 0 Å². The van der Waals surface area contributed by atoms with Crippen molar-refractivity contribution in [1.29, 1.82) is 0 Å². The molecule has 1 atom stereocenters. The fourth-order valence-electron chi connectivity index (χ4n) is 3.46. The molecule has 6 nitrogen and oxygen atoms in total. The maximum absolute atomic E-state index is 12.2. The van der Waals surface area contributed by atoms with Gasteiger partial charge in [0.1, 0.15) is 5.60 Å². The lowest BCUT2D eigenvalue weighted by Gasteiger charge is -2.33. The molecule has 0 aromatic carbocycles. The summed E-state index contributed by atoms with van der Waals surface area (Å²) < 4.78 is 0. The molecular weight excluding hydrogens is 280 g/mol. The Bertz CT molecular complexity index is 502. The number of nitrogens with zero attached hydrogens (tertiary/aromatic N) is 3. The zero-order valence-corrected chi connectivity index (χ0v) is 12.9. The molecule has 1 aromatic rings. The first-order valence-electron chi connectivity index (χ1n) is 8.20. The van der Waals surface area contributed by atoms with E-state index in [0.717, 1.165) is 44.7 Å². The van der Waals surface area contributed by atoms with E-state index in [1.807, 2.05) is 6.07 Å². The normalized spacial score (nSPS) is 24.2. The van der Waals surface area contributed by atoms with Gasteiger partial charge in [-0.15, -0.1) is 0 Å². The van der Waals surface area contributed by atoms with Crippen LogP contribution in [0, 0.1) is 5.92 Å². The van der Waals surface area contributed by atoms with Crippen LogP contribution < -0.4 is 10.2 Å². The third-order valence-electron chi connectivity index (χ3n) is 4.76. The van der Waals surface area contributed by atoms with E-state index >= 15 is 0 Å². The first kappa shape index (κ1) is 15.2. The Labute approximate surface area is 131 Å². The number of aromatic nitrogens is 2. The van der Waals surface area contributed by atoms with Crippen molar-refractivity contribution < 1.29 is 9.90 Å². The first-order chi connectivity index (χ1) is 10.7. The van der Waals surface area contributed by atoms with E-state index in [4.69, 9.17) is 0 Å². The molecule has 0 spiro atoms. The standard InChI is InChI=1S/C16H24N4O2/c21-14(16(22)6-1-2-7-16)19-11-13-5-3-10-20(12-13)15-17-8-4-9-18-15/h4,8-9,13,22H,1-3,5-7,10-12H2,(H,19,21). The van der Waals surface area contributed by atoms with Gasteiger partial charge in [-0.25, -0.2) is 9.97 Å². The quantitative estimate of drug-likeness (QED) is 0.871. The zero-order valence-electron chi connectivity index (χ0n) is 12.9. The molecule has 1 unspecified atom stereocenters. The van der Waals surface area contributed by atoms with Crippen molar-refractivity contribution in [2.75, 3.05) is 24.5 Å². The second-order valence-electron chi connectivity index (χ2n) is 6.45. The molecule has 22 heavy (non-hydrogen) atoms. The minimum atomic E-state index is -1.13. The lowest BCUT2D eigenvalue weighted by molar-refractivity contribution is -0.139. The molecule has 0 radical (unpaired) electrons. The predicted octanol–water partition coefficient (Wildman–Crippen LogP) is 1.11. The average molecular weight is 304 g/mol. The monoisotopic (exact) mass is 304 g/mol. The maximum atomic E-state index is 12.2. The summed E-state index contributed by atoms with van der Waals surface area (Å²) in [6, 6.07) is 1.81. The molecule has 0 bridgehead atoms.